The second kappa shape index (κ2) is 10.8. The van der Waals surface area contributed by atoms with Crippen LogP contribution in [0.1, 0.15) is 69.2 Å². The summed E-state index contributed by atoms with van der Waals surface area (Å²) in [5.41, 5.74) is 2.62. The first-order chi connectivity index (χ1) is 16.1. The molecule has 0 aliphatic carbocycles. The van der Waals surface area contributed by atoms with Gasteiger partial charge in [-0.1, -0.05) is 43.7 Å². The Bertz CT molecular complexity index is 1000. The maximum Gasteiger partial charge on any atom is 0.261 e. The predicted octanol–water partition coefficient (Wildman–Crippen LogP) is 3.86. The maximum absolute atomic E-state index is 13.2. The first-order valence-electron chi connectivity index (χ1n) is 12.1. The third-order valence-corrected chi connectivity index (χ3v) is 6.61. The first kappa shape index (κ1) is 23.2. The van der Waals surface area contributed by atoms with Crippen LogP contribution in [0.15, 0.2) is 48.5 Å². The minimum atomic E-state index is -0.279. The van der Waals surface area contributed by atoms with Crippen LogP contribution in [0.5, 0.6) is 0 Å². The number of carbonyl (C=O) groups excluding carboxylic acids is 3. The summed E-state index contributed by atoms with van der Waals surface area (Å²) >= 11 is 0. The van der Waals surface area contributed by atoms with E-state index in [0.29, 0.717) is 36.3 Å². The van der Waals surface area contributed by atoms with E-state index < -0.39 is 0 Å². The molecule has 1 saturated heterocycles. The van der Waals surface area contributed by atoms with Crippen molar-refractivity contribution >= 4 is 17.7 Å². The van der Waals surface area contributed by atoms with E-state index >= 15 is 0 Å². The largest absolute Gasteiger partial charge is 0.337 e. The number of hydrogen-bond donors (Lipinski definition) is 0. The highest BCUT2D eigenvalue weighted by Gasteiger charge is 2.35. The Morgan fingerprint density at radius 2 is 1.64 bits per heavy atom. The smallest absolute Gasteiger partial charge is 0.261 e. The number of amides is 3. The van der Waals surface area contributed by atoms with Gasteiger partial charge in [-0.25, -0.2) is 0 Å². The van der Waals surface area contributed by atoms with E-state index in [1.807, 2.05) is 17.9 Å². The van der Waals surface area contributed by atoms with Crippen LogP contribution >= 0.6 is 0 Å². The van der Waals surface area contributed by atoms with Gasteiger partial charge in [0.05, 0.1) is 11.1 Å². The zero-order valence-electron chi connectivity index (χ0n) is 19.5. The molecule has 3 amide bonds. The van der Waals surface area contributed by atoms with Crippen molar-refractivity contribution in [1.82, 2.24) is 14.7 Å². The van der Waals surface area contributed by atoms with Gasteiger partial charge in [-0.15, -0.1) is 0 Å². The van der Waals surface area contributed by atoms with Crippen LogP contribution in [0, 0.1) is 0 Å². The molecular formula is C27H33N3O3. The lowest BCUT2D eigenvalue weighted by Crippen LogP contribution is -2.35. The molecule has 0 saturated carbocycles. The molecule has 0 spiro atoms. The monoisotopic (exact) mass is 447 g/mol. The summed E-state index contributed by atoms with van der Waals surface area (Å²) in [6, 6.07) is 15.5. The van der Waals surface area contributed by atoms with Crippen molar-refractivity contribution in [2.45, 2.75) is 39.0 Å². The molecule has 2 aromatic rings. The topological polar surface area (TPSA) is 60.9 Å². The van der Waals surface area contributed by atoms with Crippen LogP contribution in [-0.2, 0) is 6.42 Å². The summed E-state index contributed by atoms with van der Waals surface area (Å²) in [5.74, 6) is -0.585. The minimum Gasteiger partial charge on any atom is -0.337 e. The SMILES string of the molecule is CCCCN1C(=O)c2ccc(C(=O)N3CCCN(CCCc4ccccc4)CC3)cc2C1=O. The molecule has 0 unspecified atom stereocenters. The molecule has 2 aliphatic heterocycles. The molecule has 174 valence electrons. The third-order valence-electron chi connectivity index (χ3n) is 6.61. The van der Waals surface area contributed by atoms with Crippen molar-refractivity contribution in [2.24, 2.45) is 0 Å². The lowest BCUT2D eigenvalue weighted by atomic mass is 10.0. The molecule has 1 fully saturated rings. The van der Waals surface area contributed by atoms with Gasteiger partial charge in [-0.05, 0) is 62.5 Å². The molecule has 4 rings (SSSR count). The van der Waals surface area contributed by atoms with E-state index in [1.54, 1.807) is 18.2 Å². The van der Waals surface area contributed by atoms with Crippen molar-refractivity contribution in [2.75, 3.05) is 39.3 Å². The van der Waals surface area contributed by atoms with E-state index in [1.165, 1.54) is 10.5 Å². The van der Waals surface area contributed by atoms with Gasteiger partial charge in [0.2, 0.25) is 0 Å². The van der Waals surface area contributed by atoms with Crippen molar-refractivity contribution in [3.8, 4) is 0 Å². The number of nitrogens with zero attached hydrogens (tertiary/aromatic N) is 3. The number of unbranched alkanes of at least 4 members (excludes halogenated alkanes) is 1. The Labute approximate surface area is 196 Å². The van der Waals surface area contributed by atoms with Crippen LogP contribution < -0.4 is 0 Å². The van der Waals surface area contributed by atoms with Crippen LogP contribution in [0.3, 0.4) is 0 Å². The number of benzene rings is 2. The highest BCUT2D eigenvalue weighted by atomic mass is 16.2. The molecule has 0 bridgehead atoms. The first-order valence-corrected chi connectivity index (χ1v) is 12.1. The molecular weight excluding hydrogens is 414 g/mol. The van der Waals surface area contributed by atoms with Crippen LogP contribution in [-0.4, -0.2) is 71.7 Å². The number of aryl methyl sites for hydroxylation is 1. The normalized spacial score (nSPS) is 16.8. The molecule has 6 heteroatoms. The van der Waals surface area contributed by atoms with Gasteiger partial charge >= 0.3 is 0 Å². The van der Waals surface area contributed by atoms with Crippen LogP contribution in [0.2, 0.25) is 0 Å². The molecule has 0 aromatic heterocycles. The van der Waals surface area contributed by atoms with Gasteiger partial charge in [0, 0.05) is 31.7 Å². The zero-order chi connectivity index (χ0) is 23.2. The van der Waals surface area contributed by atoms with Gasteiger partial charge in [-0.3, -0.25) is 19.3 Å². The van der Waals surface area contributed by atoms with Crippen molar-refractivity contribution < 1.29 is 14.4 Å². The minimum absolute atomic E-state index is 0.0591. The number of carbonyl (C=O) groups is 3. The van der Waals surface area contributed by atoms with E-state index in [0.717, 1.165) is 51.7 Å². The number of rotatable bonds is 8. The summed E-state index contributed by atoms with van der Waals surface area (Å²) in [4.78, 5) is 44.1. The second-order valence-corrected chi connectivity index (χ2v) is 8.95. The van der Waals surface area contributed by atoms with Crippen molar-refractivity contribution in [1.29, 1.82) is 0 Å². The number of fused-ring (bicyclic) bond motifs is 1. The van der Waals surface area contributed by atoms with E-state index in [4.69, 9.17) is 0 Å². The zero-order valence-corrected chi connectivity index (χ0v) is 19.5. The molecule has 2 aromatic carbocycles. The Kier molecular flexibility index (Phi) is 7.55. The molecule has 6 nitrogen and oxygen atoms in total. The lowest BCUT2D eigenvalue weighted by molar-refractivity contribution is 0.0652. The van der Waals surface area contributed by atoms with Crippen LogP contribution in [0.4, 0.5) is 0 Å². The van der Waals surface area contributed by atoms with Gasteiger partial charge in [0.1, 0.15) is 0 Å². The highest BCUT2D eigenvalue weighted by Crippen LogP contribution is 2.25. The molecule has 0 N–H and O–H groups in total. The fourth-order valence-electron chi connectivity index (χ4n) is 4.67. The van der Waals surface area contributed by atoms with E-state index in [2.05, 4.69) is 29.2 Å². The van der Waals surface area contributed by atoms with Gasteiger partial charge in [-0.2, -0.15) is 0 Å². The summed E-state index contributed by atoms with van der Waals surface area (Å²) in [6.45, 7) is 6.71. The van der Waals surface area contributed by atoms with E-state index in [9.17, 15) is 14.4 Å². The highest BCUT2D eigenvalue weighted by molar-refractivity contribution is 6.22. The molecule has 0 radical (unpaired) electrons. The molecule has 33 heavy (non-hydrogen) atoms. The Hall–Kier alpha value is -2.99. The average Bonchev–Trinajstić information content (AvgIpc) is 2.99. The fourth-order valence-corrected chi connectivity index (χ4v) is 4.67. The fraction of sp³-hybridized carbons (Fsp3) is 0.444. The molecule has 0 atom stereocenters. The Balaban J connectivity index is 1.34. The standard InChI is InChI=1S/C27H33N3O3/c1-2-3-17-30-26(32)23-13-12-22(20-24(23)27(30)33)25(31)29-16-8-15-28(18-19-29)14-7-11-21-9-5-4-6-10-21/h4-6,9-10,12-13,20H,2-3,7-8,11,14-19H2,1H3. The number of imide groups is 1. The van der Waals surface area contributed by atoms with Crippen molar-refractivity contribution in [3.05, 3.63) is 70.8 Å². The molecule has 2 aliphatic rings. The quantitative estimate of drug-likeness (QED) is 0.577. The average molecular weight is 448 g/mol. The van der Waals surface area contributed by atoms with Gasteiger partial charge < -0.3 is 9.80 Å². The van der Waals surface area contributed by atoms with Gasteiger partial charge in [0.15, 0.2) is 0 Å². The second-order valence-electron chi connectivity index (χ2n) is 8.95. The Morgan fingerprint density at radius 1 is 0.848 bits per heavy atom. The summed E-state index contributed by atoms with van der Waals surface area (Å²) < 4.78 is 0. The summed E-state index contributed by atoms with van der Waals surface area (Å²) in [7, 11) is 0. The third kappa shape index (κ3) is 5.33. The van der Waals surface area contributed by atoms with Gasteiger partial charge in [0.25, 0.3) is 17.7 Å². The lowest BCUT2D eigenvalue weighted by Gasteiger charge is -2.22. The summed E-state index contributed by atoms with van der Waals surface area (Å²) in [6.07, 6.45) is 4.80. The van der Waals surface area contributed by atoms with Crippen molar-refractivity contribution in [3.63, 3.8) is 0 Å². The number of hydrogen-bond acceptors (Lipinski definition) is 4. The predicted molar refractivity (Wildman–Crippen MR) is 128 cm³/mol. The van der Waals surface area contributed by atoms with E-state index in [-0.39, 0.29) is 17.7 Å². The Morgan fingerprint density at radius 3 is 2.42 bits per heavy atom. The molecule has 2 heterocycles. The van der Waals surface area contributed by atoms with Crippen LogP contribution in [0.25, 0.3) is 0 Å². The summed E-state index contributed by atoms with van der Waals surface area (Å²) in [5, 5.41) is 0. The maximum atomic E-state index is 13.2.